The standard InChI is InChI=1S/C10H9F3N4/c11-10(12,13)7-5-16(6-7)8-2-4-17-9(15-8)1-3-14-17/h1-4,7H,5-6H2. The van der Waals surface area contributed by atoms with E-state index in [0.29, 0.717) is 11.5 Å². The largest absolute Gasteiger partial charge is 0.395 e. The van der Waals surface area contributed by atoms with Gasteiger partial charge in [-0.25, -0.2) is 9.50 Å². The van der Waals surface area contributed by atoms with Gasteiger partial charge in [0.1, 0.15) is 5.82 Å². The van der Waals surface area contributed by atoms with Gasteiger partial charge in [-0.05, 0) is 6.07 Å². The van der Waals surface area contributed by atoms with E-state index < -0.39 is 12.1 Å². The Balaban J connectivity index is 1.78. The van der Waals surface area contributed by atoms with E-state index in [1.807, 2.05) is 0 Å². The minimum atomic E-state index is -4.10. The van der Waals surface area contributed by atoms with Gasteiger partial charge in [0.25, 0.3) is 0 Å². The van der Waals surface area contributed by atoms with Gasteiger partial charge in [-0.15, -0.1) is 0 Å². The lowest BCUT2D eigenvalue weighted by molar-refractivity contribution is -0.180. The second-order valence-electron chi connectivity index (χ2n) is 4.06. The van der Waals surface area contributed by atoms with E-state index in [1.165, 1.54) is 0 Å². The fourth-order valence-corrected chi connectivity index (χ4v) is 1.85. The number of rotatable bonds is 1. The van der Waals surface area contributed by atoms with Crippen molar-refractivity contribution in [2.45, 2.75) is 6.18 Å². The molecule has 0 amide bonds. The van der Waals surface area contributed by atoms with Gasteiger partial charge < -0.3 is 4.90 Å². The lowest BCUT2D eigenvalue weighted by Gasteiger charge is -2.40. The highest BCUT2D eigenvalue weighted by atomic mass is 19.4. The number of alkyl halides is 3. The van der Waals surface area contributed by atoms with Crippen LogP contribution in [-0.2, 0) is 0 Å². The first-order valence-electron chi connectivity index (χ1n) is 5.16. The Morgan fingerprint density at radius 1 is 1.24 bits per heavy atom. The normalized spacial score (nSPS) is 17.5. The van der Waals surface area contributed by atoms with Crippen molar-refractivity contribution in [2.24, 2.45) is 5.92 Å². The van der Waals surface area contributed by atoms with E-state index in [0.717, 1.165) is 0 Å². The van der Waals surface area contributed by atoms with Crippen molar-refractivity contribution in [3.63, 3.8) is 0 Å². The molecule has 0 spiro atoms. The van der Waals surface area contributed by atoms with Crippen molar-refractivity contribution >= 4 is 11.5 Å². The van der Waals surface area contributed by atoms with Crippen LogP contribution in [0.1, 0.15) is 0 Å². The van der Waals surface area contributed by atoms with E-state index in [-0.39, 0.29) is 13.1 Å². The van der Waals surface area contributed by atoms with Gasteiger partial charge in [-0.2, -0.15) is 18.3 Å². The molecule has 17 heavy (non-hydrogen) atoms. The van der Waals surface area contributed by atoms with E-state index in [4.69, 9.17) is 0 Å². The fourth-order valence-electron chi connectivity index (χ4n) is 1.85. The summed E-state index contributed by atoms with van der Waals surface area (Å²) in [5, 5.41) is 3.97. The second-order valence-corrected chi connectivity index (χ2v) is 4.06. The summed E-state index contributed by atoms with van der Waals surface area (Å²) in [7, 11) is 0. The highest BCUT2D eigenvalue weighted by Crippen LogP contribution is 2.35. The Bertz CT molecular complexity index is 542. The molecule has 4 nitrogen and oxygen atoms in total. The Kier molecular flexibility index (Phi) is 2.04. The van der Waals surface area contributed by atoms with Crippen LogP contribution in [0.25, 0.3) is 5.65 Å². The quantitative estimate of drug-likeness (QED) is 0.763. The van der Waals surface area contributed by atoms with Gasteiger partial charge in [0.15, 0.2) is 5.65 Å². The Morgan fingerprint density at radius 3 is 2.71 bits per heavy atom. The second kappa shape index (κ2) is 3.35. The zero-order valence-electron chi connectivity index (χ0n) is 8.72. The maximum Gasteiger partial charge on any atom is 0.395 e. The number of anilines is 1. The molecule has 0 saturated carbocycles. The highest BCUT2D eigenvalue weighted by molar-refractivity contribution is 5.49. The topological polar surface area (TPSA) is 33.4 Å². The van der Waals surface area contributed by atoms with Gasteiger partial charge in [0.2, 0.25) is 0 Å². The zero-order valence-corrected chi connectivity index (χ0v) is 8.72. The van der Waals surface area contributed by atoms with Crippen LogP contribution in [0.2, 0.25) is 0 Å². The minimum absolute atomic E-state index is 0.0131. The summed E-state index contributed by atoms with van der Waals surface area (Å²) in [4.78, 5) is 5.85. The van der Waals surface area contributed by atoms with Crippen LogP contribution in [0.3, 0.4) is 0 Å². The van der Waals surface area contributed by atoms with Crippen molar-refractivity contribution < 1.29 is 13.2 Å². The SMILES string of the molecule is FC(F)(F)C1CN(c2ccn3nccc3n2)C1. The molecule has 1 fully saturated rings. The summed E-state index contributed by atoms with van der Waals surface area (Å²) in [6.45, 7) is -0.0262. The molecular weight excluding hydrogens is 233 g/mol. The summed E-state index contributed by atoms with van der Waals surface area (Å²) >= 11 is 0. The molecule has 3 heterocycles. The minimum Gasteiger partial charge on any atom is -0.355 e. The molecule has 7 heteroatoms. The molecule has 0 radical (unpaired) electrons. The monoisotopic (exact) mass is 242 g/mol. The van der Waals surface area contributed by atoms with Crippen LogP contribution >= 0.6 is 0 Å². The number of aromatic nitrogens is 3. The van der Waals surface area contributed by atoms with Crippen molar-refractivity contribution in [1.82, 2.24) is 14.6 Å². The van der Waals surface area contributed by atoms with E-state index in [1.54, 1.807) is 33.9 Å². The molecule has 0 aromatic carbocycles. The first-order valence-corrected chi connectivity index (χ1v) is 5.16. The number of hydrogen-bond acceptors (Lipinski definition) is 3. The van der Waals surface area contributed by atoms with Gasteiger partial charge >= 0.3 is 6.18 Å². The Morgan fingerprint density at radius 2 is 2.00 bits per heavy atom. The zero-order chi connectivity index (χ0) is 12.0. The van der Waals surface area contributed by atoms with Gasteiger partial charge in [0.05, 0.1) is 12.1 Å². The molecule has 0 bridgehead atoms. The maximum atomic E-state index is 12.3. The van der Waals surface area contributed by atoms with Crippen molar-refractivity contribution in [1.29, 1.82) is 0 Å². The van der Waals surface area contributed by atoms with Crippen molar-refractivity contribution in [3.05, 3.63) is 24.5 Å². The summed E-state index contributed by atoms with van der Waals surface area (Å²) in [5.74, 6) is -0.663. The predicted octanol–water partition coefficient (Wildman–Crippen LogP) is 1.73. The summed E-state index contributed by atoms with van der Waals surface area (Å²) < 4.78 is 38.6. The van der Waals surface area contributed by atoms with Crippen LogP contribution in [-0.4, -0.2) is 33.9 Å². The third-order valence-corrected chi connectivity index (χ3v) is 2.91. The number of nitrogens with zero attached hydrogens (tertiary/aromatic N) is 4. The Labute approximate surface area is 94.7 Å². The van der Waals surface area contributed by atoms with E-state index in [9.17, 15) is 13.2 Å². The Hall–Kier alpha value is -1.79. The van der Waals surface area contributed by atoms with E-state index in [2.05, 4.69) is 10.1 Å². The molecule has 2 aromatic rings. The molecule has 0 aliphatic carbocycles. The highest BCUT2D eigenvalue weighted by Gasteiger charge is 2.47. The molecule has 1 saturated heterocycles. The first kappa shape index (κ1) is 10.4. The fraction of sp³-hybridized carbons (Fsp3) is 0.400. The van der Waals surface area contributed by atoms with Gasteiger partial charge in [-0.3, -0.25) is 0 Å². The van der Waals surface area contributed by atoms with Gasteiger partial charge in [-0.1, -0.05) is 0 Å². The van der Waals surface area contributed by atoms with Crippen LogP contribution in [0.4, 0.5) is 19.0 Å². The molecule has 0 unspecified atom stereocenters. The van der Waals surface area contributed by atoms with Crippen LogP contribution in [0.5, 0.6) is 0 Å². The summed E-state index contributed by atoms with van der Waals surface area (Å²) in [6.07, 6.45) is -0.809. The lowest BCUT2D eigenvalue weighted by atomic mass is 10.00. The van der Waals surface area contributed by atoms with Crippen molar-refractivity contribution in [2.75, 3.05) is 18.0 Å². The molecule has 1 aliphatic heterocycles. The lowest BCUT2D eigenvalue weighted by Crippen LogP contribution is -2.53. The van der Waals surface area contributed by atoms with Crippen LogP contribution < -0.4 is 4.90 Å². The van der Waals surface area contributed by atoms with Crippen molar-refractivity contribution in [3.8, 4) is 0 Å². The molecule has 2 aromatic heterocycles. The maximum absolute atomic E-state index is 12.3. The summed E-state index contributed by atoms with van der Waals surface area (Å²) in [6, 6.07) is 3.39. The molecule has 1 aliphatic rings. The molecule has 3 rings (SSSR count). The third kappa shape index (κ3) is 1.71. The van der Waals surface area contributed by atoms with Crippen LogP contribution in [0.15, 0.2) is 24.5 Å². The average molecular weight is 242 g/mol. The molecule has 90 valence electrons. The average Bonchev–Trinajstić information content (AvgIpc) is 2.59. The number of fused-ring (bicyclic) bond motifs is 1. The third-order valence-electron chi connectivity index (χ3n) is 2.91. The predicted molar refractivity (Wildman–Crippen MR) is 54.7 cm³/mol. The smallest absolute Gasteiger partial charge is 0.355 e. The van der Waals surface area contributed by atoms with E-state index >= 15 is 0 Å². The first-order chi connectivity index (χ1) is 8.04. The summed E-state index contributed by atoms with van der Waals surface area (Å²) in [5.41, 5.74) is 0.637. The number of hydrogen-bond donors (Lipinski definition) is 0. The molecular formula is C10H9F3N4. The van der Waals surface area contributed by atoms with Crippen LogP contribution in [0, 0.1) is 5.92 Å². The molecule has 0 N–H and O–H groups in total. The molecule has 0 atom stereocenters. The number of halogens is 3. The van der Waals surface area contributed by atoms with Gasteiger partial charge in [0, 0.05) is 25.4 Å².